The van der Waals surface area contributed by atoms with Crippen molar-refractivity contribution in [1.82, 2.24) is 5.32 Å². The van der Waals surface area contributed by atoms with E-state index in [0.717, 1.165) is 24.0 Å². The number of hydrogen-bond donors (Lipinski definition) is 1. The van der Waals surface area contributed by atoms with Crippen molar-refractivity contribution < 1.29 is 9.59 Å². The smallest absolute Gasteiger partial charge is 0.224 e. The molecule has 1 aromatic carbocycles. The number of benzene rings is 1. The van der Waals surface area contributed by atoms with Gasteiger partial charge in [0.2, 0.25) is 11.7 Å². The van der Waals surface area contributed by atoms with Crippen molar-refractivity contribution in [3.63, 3.8) is 0 Å². The van der Waals surface area contributed by atoms with Crippen LogP contribution in [0.4, 0.5) is 0 Å². The standard InChI is InChI=1S/C18H19NO2/c1-3-5-9-14-13-10-7-8-11-15(13)18(21)17(14)19-16(20)12-6-4-2/h7-8,10-11H,4,6,9,12H2,1-2H3,(H,19,20,21). The van der Waals surface area contributed by atoms with Gasteiger partial charge in [-0.25, -0.2) is 0 Å². The molecule has 2 rings (SSSR count). The quantitative estimate of drug-likeness (QED) is 0.842. The monoisotopic (exact) mass is 281 g/mol. The lowest BCUT2D eigenvalue weighted by atomic mass is 10.0. The van der Waals surface area contributed by atoms with Gasteiger partial charge < -0.3 is 5.32 Å². The Kier molecular flexibility index (Phi) is 4.94. The van der Waals surface area contributed by atoms with Crippen LogP contribution < -0.4 is 5.32 Å². The summed E-state index contributed by atoms with van der Waals surface area (Å²) in [5.41, 5.74) is 2.77. The normalized spacial score (nSPS) is 12.8. The number of amides is 1. The first-order valence-electron chi connectivity index (χ1n) is 7.25. The predicted octanol–water partition coefficient (Wildman–Crippen LogP) is 3.31. The highest BCUT2D eigenvalue weighted by molar-refractivity contribution is 6.21. The molecule has 1 aromatic rings. The predicted molar refractivity (Wildman–Crippen MR) is 83.4 cm³/mol. The second-order valence-corrected chi connectivity index (χ2v) is 4.98. The Morgan fingerprint density at radius 1 is 1.24 bits per heavy atom. The zero-order valence-corrected chi connectivity index (χ0v) is 12.5. The highest BCUT2D eigenvalue weighted by Gasteiger charge is 2.29. The lowest BCUT2D eigenvalue weighted by molar-refractivity contribution is -0.120. The summed E-state index contributed by atoms with van der Waals surface area (Å²) in [6.07, 6.45) is 2.69. The van der Waals surface area contributed by atoms with E-state index in [-0.39, 0.29) is 11.7 Å². The molecule has 0 heterocycles. The number of rotatable bonds is 5. The highest BCUT2D eigenvalue weighted by Crippen LogP contribution is 2.33. The Hall–Kier alpha value is -2.34. The maximum atomic E-state index is 12.5. The van der Waals surface area contributed by atoms with Gasteiger partial charge >= 0.3 is 0 Å². The summed E-state index contributed by atoms with van der Waals surface area (Å²) >= 11 is 0. The van der Waals surface area contributed by atoms with Crippen molar-refractivity contribution in [3.05, 3.63) is 41.1 Å². The van der Waals surface area contributed by atoms with Crippen LogP contribution in [0.3, 0.4) is 0 Å². The Morgan fingerprint density at radius 3 is 2.62 bits per heavy atom. The van der Waals surface area contributed by atoms with Crippen LogP contribution in [0.15, 0.2) is 30.0 Å². The van der Waals surface area contributed by atoms with Gasteiger partial charge in [0.15, 0.2) is 0 Å². The minimum atomic E-state index is -0.108. The minimum absolute atomic E-state index is 0.102. The van der Waals surface area contributed by atoms with Gasteiger partial charge in [-0.3, -0.25) is 9.59 Å². The molecule has 3 nitrogen and oxygen atoms in total. The van der Waals surface area contributed by atoms with E-state index in [0.29, 0.717) is 24.1 Å². The average Bonchev–Trinajstić information content (AvgIpc) is 2.76. The van der Waals surface area contributed by atoms with Gasteiger partial charge in [0.1, 0.15) is 0 Å². The van der Waals surface area contributed by atoms with Crippen molar-refractivity contribution >= 4 is 17.3 Å². The number of nitrogens with one attached hydrogen (secondary N) is 1. The van der Waals surface area contributed by atoms with Crippen LogP contribution in [0.2, 0.25) is 0 Å². The molecular weight excluding hydrogens is 262 g/mol. The van der Waals surface area contributed by atoms with E-state index >= 15 is 0 Å². The van der Waals surface area contributed by atoms with E-state index in [9.17, 15) is 9.59 Å². The van der Waals surface area contributed by atoms with Crippen LogP contribution in [0, 0.1) is 11.8 Å². The molecule has 1 amide bonds. The van der Waals surface area contributed by atoms with Crippen LogP contribution in [0.1, 0.15) is 55.5 Å². The topological polar surface area (TPSA) is 46.2 Å². The molecule has 0 aliphatic heterocycles. The molecule has 0 saturated carbocycles. The molecule has 0 aromatic heterocycles. The average molecular weight is 281 g/mol. The lowest BCUT2D eigenvalue weighted by Gasteiger charge is -2.07. The van der Waals surface area contributed by atoms with E-state index in [1.54, 1.807) is 13.0 Å². The van der Waals surface area contributed by atoms with Crippen molar-refractivity contribution in [2.75, 3.05) is 0 Å². The van der Waals surface area contributed by atoms with E-state index < -0.39 is 0 Å². The second kappa shape index (κ2) is 6.90. The third-order valence-corrected chi connectivity index (χ3v) is 3.49. The summed E-state index contributed by atoms with van der Waals surface area (Å²) in [4.78, 5) is 24.4. The summed E-state index contributed by atoms with van der Waals surface area (Å²) in [5, 5.41) is 2.79. The number of fused-ring (bicyclic) bond motifs is 1. The van der Waals surface area contributed by atoms with Crippen LogP contribution in [0.25, 0.3) is 5.57 Å². The Balaban J connectivity index is 2.32. The van der Waals surface area contributed by atoms with Gasteiger partial charge in [0.05, 0.1) is 5.70 Å². The number of carbonyl (C=O) groups excluding carboxylic acids is 2. The largest absolute Gasteiger partial charge is 0.323 e. The van der Waals surface area contributed by atoms with Crippen LogP contribution >= 0.6 is 0 Å². The lowest BCUT2D eigenvalue weighted by Crippen LogP contribution is -2.26. The van der Waals surface area contributed by atoms with Crippen molar-refractivity contribution in [3.8, 4) is 11.8 Å². The van der Waals surface area contributed by atoms with E-state index in [1.165, 1.54) is 0 Å². The van der Waals surface area contributed by atoms with E-state index in [1.807, 2.05) is 25.1 Å². The summed E-state index contributed by atoms with van der Waals surface area (Å²) in [5.74, 6) is 5.62. The summed E-state index contributed by atoms with van der Waals surface area (Å²) in [6, 6.07) is 7.43. The third kappa shape index (κ3) is 3.22. The summed E-state index contributed by atoms with van der Waals surface area (Å²) < 4.78 is 0. The SMILES string of the molecule is CC#CCC1=C(NC(=O)CCCC)C(=O)c2ccccc21. The maximum Gasteiger partial charge on any atom is 0.224 e. The van der Waals surface area contributed by atoms with Gasteiger partial charge in [-0.1, -0.05) is 43.5 Å². The Labute approximate surface area is 125 Å². The van der Waals surface area contributed by atoms with Crippen molar-refractivity contribution in [2.24, 2.45) is 0 Å². The summed E-state index contributed by atoms with van der Waals surface area (Å²) in [7, 11) is 0. The number of carbonyl (C=O) groups is 2. The fraction of sp³-hybridized carbons (Fsp3) is 0.333. The highest BCUT2D eigenvalue weighted by atomic mass is 16.2. The number of allylic oxidation sites excluding steroid dienone is 2. The number of unbranched alkanes of at least 4 members (excludes halogenated alkanes) is 1. The molecule has 0 bridgehead atoms. The van der Waals surface area contributed by atoms with Crippen molar-refractivity contribution in [2.45, 2.75) is 39.5 Å². The molecule has 0 unspecified atom stereocenters. The molecule has 108 valence electrons. The number of hydrogen-bond acceptors (Lipinski definition) is 2. The van der Waals surface area contributed by atoms with Gasteiger partial charge in [-0.15, -0.1) is 5.92 Å². The van der Waals surface area contributed by atoms with Gasteiger partial charge in [0.25, 0.3) is 0 Å². The van der Waals surface area contributed by atoms with E-state index in [2.05, 4.69) is 17.2 Å². The molecule has 0 radical (unpaired) electrons. The van der Waals surface area contributed by atoms with Gasteiger partial charge in [-0.05, 0) is 24.5 Å². The molecule has 1 aliphatic carbocycles. The van der Waals surface area contributed by atoms with E-state index in [4.69, 9.17) is 0 Å². The van der Waals surface area contributed by atoms with Crippen LogP contribution in [0.5, 0.6) is 0 Å². The zero-order chi connectivity index (χ0) is 15.2. The molecule has 21 heavy (non-hydrogen) atoms. The van der Waals surface area contributed by atoms with Crippen LogP contribution in [-0.2, 0) is 4.79 Å². The fourth-order valence-electron chi connectivity index (χ4n) is 2.38. The van der Waals surface area contributed by atoms with Gasteiger partial charge in [0, 0.05) is 18.4 Å². The molecule has 0 atom stereocenters. The second-order valence-electron chi connectivity index (χ2n) is 4.98. The first-order chi connectivity index (χ1) is 10.2. The number of ketones is 1. The third-order valence-electron chi connectivity index (χ3n) is 3.49. The Morgan fingerprint density at radius 2 is 1.95 bits per heavy atom. The molecule has 1 N–H and O–H groups in total. The molecule has 0 spiro atoms. The molecule has 3 heteroatoms. The van der Waals surface area contributed by atoms with Gasteiger partial charge in [-0.2, -0.15) is 0 Å². The number of Topliss-reactive ketones (excluding diaryl/α,β-unsaturated/α-hetero) is 1. The fourth-order valence-corrected chi connectivity index (χ4v) is 2.38. The zero-order valence-electron chi connectivity index (χ0n) is 12.5. The minimum Gasteiger partial charge on any atom is -0.323 e. The maximum absolute atomic E-state index is 12.5. The molecule has 1 aliphatic rings. The summed E-state index contributed by atoms with van der Waals surface area (Å²) in [6.45, 7) is 3.80. The first kappa shape index (κ1) is 15.1. The first-order valence-corrected chi connectivity index (χ1v) is 7.25. The molecule has 0 fully saturated rings. The molecular formula is C18H19NO2. The Bertz CT molecular complexity index is 659. The van der Waals surface area contributed by atoms with Crippen LogP contribution in [-0.4, -0.2) is 11.7 Å². The molecule has 0 saturated heterocycles. The van der Waals surface area contributed by atoms with Crippen molar-refractivity contribution in [1.29, 1.82) is 0 Å².